The van der Waals surface area contributed by atoms with Crippen molar-refractivity contribution in [3.8, 4) is 0 Å². The van der Waals surface area contributed by atoms with Gasteiger partial charge >= 0.3 is 0 Å². The third-order valence-electron chi connectivity index (χ3n) is 5.56. The van der Waals surface area contributed by atoms with E-state index >= 15 is 0 Å². The number of amides is 2. The van der Waals surface area contributed by atoms with Crippen LogP contribution in [0.15, 0.2) is 42.5 Å². The third-order valence-corrected chi connectivity index (χ3v) is 5.56. The van der Waals surface area contributed by atoms with E-state index in [-0.39, 0.29) is 43.6 Å². The van der Waals surface area contributed by atoms with Crippen LogP contribution >= 0.6 is 0 Å². The zero-order valence-electron chi connectivity index (χ0n) is 16.5. The van der Waals surface area contributed by atoms with Gasteiger partial charge in [0.25, 0.3) is 0 Å². The number of fused-ring (bicyclic) bond motifs is 1. The number of H-pyrrole nitrogens is 1. The summed E-state index contributed by atoms with van der Waals surface area (Å²) < 4.78 is 14.1. The van der Waals surface area contributed by atoms with Gasteiger partial charge in [0.2, 0.25) is 11.8 Å². The van der Waals surface area contributed by atoms with Crippen molar-refractivity contribution in [2.75, 3.05) is 20.1 Å². The van der Waals surface area contributed by atoms with Gasteiger partial charge in [0.1, 0.15) is 11.6 Å². The minimum absolute atomic E-state index is 0.0475. The van der Waals surface area contributed by atoms with E-state index in [1.54, 1.807) is 30.1 Å². The molecule has 1 aliphatic rings. The molecule has 3 aromatic rings. The third kappa shape index (κ3) is 3.60. The zero-order valence-corrected chi connectivity index (χ0v) is 16.5. The summed E-state index contributed by atoms with van der Waals surface area (Å²) in [6.07, 6.45) is 0.514. The minimum atomic E-state index is -0.795. The maximum absolute atomic E-state index is 14.1. The van der Waals surface area contributed by atoms with Gasteiger partial charge in [-0.2, -0.15) is 0 Å². The van der Waals surface area contributed by atoms with Gasteiger partial charge in [0.05, 0.1) is 22.9 Å². The molecule has 29 heavy (non-hydrogen) atoms. The van der Waals surface area contributed by atoms with Crippen molar-refractivity contribution in [1.29, 1.82) is 0 Å². The van der Waals surface area contributed by atoms with Crippen LogP contribution in [-0.2, 0) is 22.4 Å². The number of hydrogen-bond donors (Lipinski definition) is 2. The molecule has 2 aromatic carbocycles. The van der Waals surface area contributed by atoms with Crippen molar-refractivity contribution in [2.45, 2.75) is 19.8 Å². The van der Waals surface area contributed by atoms with Crippen molar-refractivity contribution >= 4 is 22.8 Å². The van der Waals surface area contributed by atoms with Gasteiger partial charge in [0, 0.05) is 20.1 Å². The molecule has 2 heterocycles. The Morgan fingerprint density at radius 2 is 2.00 bits per heavy atom. The largest absolute Gasteiger partial charge is 0.359 e. The minimum Gasteiger partial charge on any atom is -0.359 e. The molecule has 2 amide bonds. The molecule has 1 aliphatic heterocycles. The Hall–Kier alpha value is -3.22. The number of rotatable bonds is 5. The first-order valence-corrected chi connectivity index (χ1v) is 9.59. The van der Waals surface area contributed by atoms with Gasteiger partial charge in [-0.15, -0.1) is 0 Å². The second-order valence-electron chi connectivity index (χ2n) is 7.73. The molecule has 0 saturated carbocycles. The van der Waals surface area contributed by atoms with Crippen molar-refractivity contribution in [1.82, 2.24) is 20.2 Å². The monoisotopic (exact) mass is 394 g/mol. The van der Waals surface area contributed by atoms with Crippen LogP contribution in [0.4, 0.5) is 4.39 Å². The molecule has 1 fully saturated rings. The molecule has 6 nitrogen and oxygen atoms in total. The van der Waals surface area contributed by atoms with E-state index in [4.69, 9.17) is 0 Å². The predicted molar refractivity (Wildman–Crippen MR) is 108 cm³/mol. The van der Waals surface area contributed by atoms with Crippen LogP contribution in [0.25, 0.3) is 11.0 Å². The van der Waals surface area contributed by atoms with E-state index in [9.17, 15) is 14.0 Å². The van der Waals surface area contributed by atoms with E-state index in [2.05, 4.69) is 15.3 Å². The number of aromatic nitrogens is 2. The molecular weight excluding hydrogens is 371 g/mol. The Bertz CT molecular complexity index is 1090. The smallest absolute Gasteiger partial charge is 0.229 e. The van der Waals surface area contributed by atoms with Crippen molar-refractivity contribution in [3.05, 3.63) is 65.2 Å². The first kappa shape index (κ1) is 19.1. The van der Waals surface area contributed by atoms with Crippen LogP contribution in [0.5, 0.6) is 0 Å². The van der Waals surface area contributed by atoms with Crippen LogP contribution in [0, 0.1) is 18.2 Å². The standard InChI is InChI=1S/C22H23FN4O2/c1-14-25-18-8-7-15(9-19(18)26-14)10-20(28)27-12-22(13-27,21(29)24-2)11-16-5-3-4-6-17(16)23/h3-9H,10-13H2,1-2H3,(H,24,29)(H,25,26). The number of carbonyl (C=O) groups excluding carboxylic acids is 2. The second-order valence-corrected chi connectivity index (χ2v) is 7.73. The average Bonchev–Trinajstić information content (AvgIpc) is 3.04. The lowest BCUT2D eigenvalue weighted by Crippen LogP contribution is -2.65. The lowest BCUT2D eigenvalue weighted by molar-refractivity contribution is -0.152. The first-order chi connectivity index (χ1) is 13.9. The molecule has 150 valence electrons. The molecular formula is C22H23FN4O2. The number of likely N-dealkylation sites (tertiary alicyclic amines) is 1. The number of nitrogens with one attached hydrogen (secondary N) is 2. The topological polar surface area (TPSA) is 78.1 Å². The predicted octanol–water partition coefficient (Wildman–Crippen LogP) is 2.37. The quantitative estimate of drug-likeness (QED) is 0.697. The fraction of sp³-hybridized carbons (Fsp3) is 0.318. The van der Waals surface area contributed by atoms with Crippen molar-refractivity contribution in [2.24, 2.45) is 5.41 Å². The average molecular weight is 394 g/mol. The highest BCUT2D eigenvalue weighted by molar-refractivity contribution is 5.89. The molecule has 1 aromatic heterocycles. The van der Waals surface area contributed by atoms with Gasteiger partial charge in [-0.05, 0) is 42.7 Å². The molecule has 0 spiro atoms. The van der Waals surface area contributed by atoms with E-state index in [1.165, 1.54) is 6.07 Å². The summed E-state index contributed by atoms with van der Waals surface area (Å²) in [7, 11) is 1.57. The maximum atomic E-state index is 14.1. The number of carbonyl (C=O) groups is 2. The first-order valence-electron chi connectivity index (χ1n) is 9.59. The summed E-state index contributed by atoms with van der Waals surface area (Å²) in [5.74, 6) is 0.284. The van der Waals surface area contributed by atoms with Gasteiger partial charge in [-0.1, -0.05) is 24.3 Å². The fourth-order valence-electron chi connectivity index (χ4n) is 4.05. The van der Waals surface area contributed by atoms with Crippen LogP contribution in [-0.4, -0.2) is 46.8 Å². The molecule has 0 atom stereocenters. The van der Waals surface area contributed by atoms with Gasteiger partial charge in [-0.25, -0.2) is 9.37 Å². The molecule has 1 saturated heterocycles. The summed E-state index contributed by atoms with van der Waals surface area (Å²) in [4.78, 5) is 34.5. The summed E-state index contributed by atoms with van der Waals surface area (Å²) >= 11 is 0. The highest BCUT2D eigenvalue weighted by Gasteiger charge is 2.50. The Morgan fingerprint density at radius 1 is 1.24 bits per heavy atom. The number of nitrogens with zero attached hydrogens (tertiary/aromatic N) is 2. The zero-order chi connectivity index (χ0) is 20.6. The molecule has 2 N–H and O–H groups in total. The summed E-state index contributed by atoms with van der Waals surface area (Å²) in [6, 6.07) is 12.2. The number of benzene rings is 2. The SMILES string of the molecule is CNC(=O)C1(Cc2ccccc2F)CN(C(=O)Cc2ccc3nc(C)[nH]c3c2)C1. The molecule has 0 unspecified atom stereocenters. The highest BCUT2D eigenvalue weighted by atomic mass is 19.1. The molecule has 0 aliphatic carbocycles. The number of imidazole rings is 1. The lowest BCUT2D eigenvalue weighted by atomic mass is 9.73. The number of hydrogen-bond acceptors (Lipinski definition) is 3. The van der Waals surface area contributed by atoms with Crippen LogP contribution in [0.3, 0.4) is 0 Å². The van der Waals surface area contributed by atoms with Gasteiger partial charge in [-0.3, -0.25) is 9.59 Å². The normalized spacial score (nSPS) is 15.2. The number of aromatic amines is 1. The number of aryl methyl sites for hydroxylation is 1. The Labute approximate surface area is 168 Å². The van der Waals surface area contributed by atoms with Crippen molar-refractivity contribution in [3.63, 3.8) is 0 Å². The summed E-state index contributed by atoms with van der Waals surface area (Å²) in [6.45, 7) is 2.45. The Kier molecular flexibility index (Phi) is 4.82. The lowest BCUT2D eigenvalue weighted by Gasteiger charge is -2.49. The van der Waals surface area contributed by atoms with E-state index in [0.717, 1.165) is 22.4 Å². The highest BCUT2D eigenvalue weighted by Crippen LogP contribution is 2.35. The molecule has 7 heteroatoms. The van der Waals surface area contributed by atoms with E-state index in [1.807, 2.05) is 25.1 Å². The van der Waals surface area contributed by atoms with E-state index < -0.39 is 5.41 Å². The summed E-state index contributed by atoms with van der Waals surface area (Å²) in [5.41, 5.74) is 2.35. The second kappa shape index (κ2) is 7.31. The van der Waals surface area contributed by atoms with E-state index in [0.29, 0.717) is 5.56 Å². The fourth-order valence-corrected chi connectivity index (χ4v) is 4.05. The van der Waals surface area contributed by atoms with Crippen LogP contribution in [0.2, 0.25) is 0 Å². The van der Waals surface area contributed by atoms with Crippen LogP contribution < -0.4 is 5.32 Å². The van der Waals surface area contributed by atoms with Crippen molar-refractivity contribution < 1.29 is 14.0 Å². The summed E-state index contributed by atoms with van der Waals surface area (Å²) in [5, 5.41) is 2.67. The van der Waals surface area contributed by atoms with Crippen LogP contribution in [0.1, 0.15) is 17.0 Å². The Morgan fingerprint density at radius 3 is 2.72 bits per heavy atom. The molecule has 0 bridgehead atoms. The Balaban J connectivity index is 1.46. The number of halogens is 1. The van der Waals surface area contributed by atoms with Gasteiger partial charge < -0.3 is 15.2 Å². The van der Waals surface area contributed by atoms with Gasteiger partial charge in [0.15, 0.2) is 0 Å². The maximum Gasteiger partial charge on any atom is 0.229 e. The molecule has 4 rings (SSSR count). The molecule has 0 radical (unpaired) electrons.